The van der Waals surface area contributed by atoms with E-state index in [2.05, 4.69) is 34.3 Å². The first kappa shape index (κ1) is 18.6. The van der Waals surface area contributed by atoms with Gasteiger partial charge >= 0.3 is 0 Å². The number of aromatic nitrogens is 3. The lowest BCUT2D eigenvalue weighted by Gasteiger charge is -2.22. The van der Waals surface area contributed by atoms with Gasteiger partial charge in [-0.1, -0.05) is 36.9 Å². The van der Waals surface area contributed by atoms with Crippen LogP contribution in [0.4, 0.5) is 5.69 Å². The molecule has 7 heteroatoms. The summed E-state index contributed by atoms with van der Waals surface area (Å²) in [5.41, 5.74) is 1.03. The number of hydrogen-bond donors (Lipinski definition) is 0. The van der Waals surface area contributed by atoms with Crippen molar-refractivity contribution in [1.29, 1.82) is 0 Å². The highest BCUT2D eigenvalue weighted by molar-refractivity contribution is 8.00. The minimum atomic E-state index is 0.128. The highest BCUT2D eigenvalue weighted by atomic mass is 32.2. The predicted molar refractivity (Wildman–Crippen MR) is 112 cm³/mol. The quantitative estimate of drug-likeness (QED) is 0.533. The molecule has 142 valence electrons. The highest BCUT2D eigenvalue weighted by Crippen LogP contribution is 2.40. The van der Waals surface area contributed by atoms with Crippen LogP contribution in [0.3, 0.4) is 0 Å². The molecule has 5 nitrogen and oxygen atoms in total. The Hall–Kier alpha value is -1.73. The molecule has 2 aromatic rings. The van der Waals surface area contributed by atoms with Crippen molar-refractivity contribution in [3.63, 3.8) is 0 Å². The molecule has 0 N–H and O–H groups in total. The summed E-state index contributed by atoms with van der Waals surface area (Å²) in [5, 5.41) is 10.0. The average Bonchev–Trinajstić information content (AvgIpc) is 3.45. The fourth-order valence-electron chi connectivity index (χ4n) is 3.30. The molecule has 1 aromatic heterocycles. The van der Waals surface area contributed by atoms with Crippen LogP contribution in [0.5, 0.6) is 0 Å². The van der Waals surface area contributed by atoms with E-state index in [1.807, 2.05) is 40.9 Å². The second-order valence-corrected chi connectivity index (χ2v) is 9.46. The van der Waals surface area contributed by atoms with E-state index in [9.17, 15) is 4.79 Å². The molecule has 1 fully saturated rings. The molecule has 0 radical (unpaired) electrons. The number of para-hydroxylation sites is 1. The Bertz CT molecular complexity index is 846. The van der Waals surface area contributed by atoms with E-state index in [-0.39, 0.29) is 5.91 Å². The molecule has 0 unspecified atom stereocenters. The fraction of sp³-hybridized carbons (Fsp3) is 0.450. The number of anilines is 1. The molecule has 4 rings (SSSR count). The summed E-state index contributed by atoms with van der Waals surface area (Å²) in [6, 6.07) is 8.20. The van der Waals surface area contributed by atoms with Crippen LogP contribution in [0.1, 0.15) is 37.9 Å². The lowest BCUT2D eigenvalue weighted by atomic mass is 10.2. The van der Waals surface area contributed by atoms with Crippen molar-refractivity contribution in [2.75, 3.05) is 17.2 Å². The summed E-state index contributed by atoms with van der Waals surface area (Å²) in [4.78, 5) is 16.2. The Morgan fingerprint density at radius 1 is 1.33 bits per heavy atom. The molecule has 0 spiro atoms. The van der Waals surface area contributed by atoms with Crippen LogP contribution in [0.25, 0.3) is 0 Å². The molecule has 1 aliphatic carbocycles. The third-order valence-corrected chi connectivity index (χ3v) is 7.06. The largest absolute Gasteiger partial charge is 0.311 e. The molecular weight excluding hydrogens is 376 g/mol. The molecular formula is C20H24N4OS2. The van der Waals surface area contributed by atoms with Crippen molar-refractivity contribution in [3.05, 3.63) is 42.7 Å². The van der Waals surface area contributed by atoms with Gasteiger partial charge in [-0.2, -0.15) is 0 Å². The highest BCUT2D eigenvalue weighted by Gasteiger charge is 2.30. The van der Waals surface area contributed by atoms with E-state index in [0.29, 0.717) is 23.5 Å². The van der Waals surface area contributed by atoms with Gasteiger partial charge in [0.2, 0.25) is 5.91 Å². The van der Waals surface area contributed by atoms with Gasteiger partial charge in [0, 0.05) is 29.2 Å². The fourth-order valence-corrected chi connectivity index (χ4v) is 5.24. The summed E-state index contributed by atoms with van der Waals surface area (Å²) in [6.07, 6.45) is 5.22. The van der Waals surface area contributed by atoms with Crippen molar-refractivity contribution in [1.82, 2.24) is 14.8 Å². The molecule has 0 bridgehead atoms. The Kier molecular flexibility index (Phi) is 5.59. The van der Waals surface area contributed by atoms with E-state index >= 15 is 0 Å². The Morgan fingerprint density at radius 2 is 2.15 bits per heavy atom. The Morgan fingerprint density at radius 3 is 2.93 bits per heavy atom. The number of nitrogens with zero attached hydrogens (tertiary/aromatic N) is 4. The van der Waals surface area contributed by atoms with Crippen LogP contribution >= 0.6 is 23.5 Å². The van der Waals surface area contributed by atoms with Crippen molar-refractivity contribution >= 4 is 35.1 Å². The first-order valence-corrected chi connectivity index (χ1v) is 11.3. The number of fused-ring (bicyclic) bond motifs is 1. The predicted octanol–water partition coefficient (Wildman–Crippen LogP) is 4.35. The molecule has 2 heterocycles. The first-order chi connectivity index (χ1) is 13.2. The van der Waals surface area contributed by atoms with Gasteiger partial charge in [-0.3, -0.25) is 4.79 Å². The number of rotatable bonds is 6. The number of thioether (sulfide) groups is 2. The number of hydrogen-bond acceptors (Lipinski definition) is 5. The molecule has 1 atom stereocenters. The van der Waals surface area contributed by atoms with Crippen molar-refractivity contribution in [2.45, 2.75) is 54.0 Å². The summed E-state index contributed by atoms with van der Waals surface area (Å²) in [5.74, 6) is 2.06. The number of carbonyl (C=O) groups excluding carboxylic acids is 1. The van der Waals surface area contributed by atoms with Gasteiger partial charge in [-0.05, 0) is 31.4 Å². The Labute approximate surface area is 168 Å². The van der Waals surface area contributed by atoms with Crippen LogP contribution in [-0.2, 0) is 11.3 Å². The minimum absolute atomic E-state index is 0.128. The third-order valence-electron chi connectivity index (χ3n) is 4.87. The van der Waals surface area contributed by atoms with E-state index in [0.717, 1.165) is 29.6 Å². The van der Waals surface area contributed by atoms with Crippen LogP contribution in [0, 0.1) is 0 Å². The zero-order valence-corrected chi connectivity index (χ0v) is 17.1. The molecule has 27 heavy (non-hydrogen) atoms. The van der Waals surface area contributed by atoms with Gasteiger partial charge < -0.3 is 9.47 Å². The number of carbonyl (C=O) groups is 1. The van der Waals surface area contributed by atoms with Gasteiger partial charge in [-0.25, -0.2) is 0 Å². The standard InChI is InChI=1S/C20H24N4OS2/c1-3-11-24-19(15-8-9-15)21-22-20(24)26-13-18(25)23-12-10-14(2)27-17-7-5-4-6-16(17)23/h3-7,14-15H,1,8-13H2,2H3/t14-/m1/s1. The maximum absolute atomic E-state index is 13.0. The summed E-state index contributed by atoms with van der Waals surface area (Å²) in [7, 11) is 0. The van der Waals surface area contributed by atoms with Crippen molar-refractivity contribution in [3.8, 4) is 0 Å². The molecule has 1 amide bonds. The summed E-state index contributed by atoms with van der Waals surface area (Å²) >= 11 is 3.33. The molecule has 0 saturated heterocycles. The van der Waals surface area contributed by atoms with Crippen molar-refractivity contribution < 1.29 is 4.79 Å². The lowest BCUT2D eigenvalue weighted by molar-refractivity contribution is -0.116. The van der Waals surface area contributed by atoms with Crippen LogP contribution in [0.2, 0.25) is 0 Å². The van der Waals surface area contributed by atoms with Gasteiger partial charge in [0.25, 0.3) is 0 Å². The number of benzene rings is 1. The second kappa shape index (κ2) is 8.10. The second-order valence-electron chi connectivity index (χ2n) is 7.03. The normalized spacial score (nSPS) is 19.4. The van der Waals surface area contributed by atoms with E-state index in [1.165, 1.54) is 29.5 Å². The third kappa shape index (κ3) is 4.09. The van der Waals surface area contributed by atoms with Gasteiger partial charge in [0.1, 0.15) is 5.82 Å². The van der Waals surface area contributed by atoms with Gasteiger partial charge in [0.15, 0.2) is 5.16 Å². The van der Waals surface area contributed by atoms with Gasteiger partial charge in [-0.15, -0.1) is 28.5 Å². The van der Waals surface area contributed by atoms with Crippen molar-refractivity contribution in [2.24, 2.45) is 0 Å². The van der Waals surface area contributed by atoms with Gasteiger partial charge in [0.05, 0.1) is 11.4 Å². The van der Waals surface area contributed by atoms with E-state index in [1.54, 1.807) is 0 Å². The lowest BCUT2D eigenvalue weighted by Crippen LogP contribution is -2.33. The Balaban J connectivity index is 1.49. The molecule has 2 aliphatic rings. The zero-order chi connectivity index (χ0) is 18.8. The van der Waals surface area contributed by atoms with E-state index in [4.69, 9.17) is 0 Å². The maximum Gasteiger partial charge on any atom is 0.237 e. The number of allylic oxidation sites excluding steroid dienone is 1. The molecule has 1 aromatic carbocycles. The van der Waals surface area contributed by atoms with E-state index < -0.39 is 0 Å². The smallest absolute Gasteiger partial charge is 0.237 e. The zero-order valence-electron chi connectivity index (χ0n) is 15.5. The summed E-state index contributed by atoms with van der Waals surface area (Å²) in [6.45, 7) is 7.52. The molecule has 1 saturated carbocycles. The van der Waals surface area contributed by atoms with Crippen LogP contribution < -0.4 is 4.90 Å². The van der Waals surface area contributed by atoms with Crippen LogP contribution in [-0.4, -0.2) is 38.2 Å². The minimum Gasteiger partial charge on any atom is -0.311 e. The first-order valence-electron chi connectivity index (χ1n) is 9.40. The number of amides is 1. The van der Waals surface area contributed by atoms with Crippen LogP contribution in [0.15, 0.2) is 47.0 Å². The summed E-state index contributed by atoms with van der Waals surface area (Å²) < 4.78 is 2.11. The topological polar surface area (TPSA) is 51.0 Å². The SMILES string of the molecule is C=CCn1c(SCC(=O)N2CC[C@@H](C)Sc3ccccc32)nnc1C1CC1. The monoisotopic (exact) mass is 400 g/mol. The average molecular weight is 401 g/mol. The molecule has 1 aliphatic heterocycles. The maximum atomic E-state index is 13.0.